The van der Waals surface area contributed by atoms with E-state index in [-0.39, 0.29) is 5.69 Å². The molecule has 0 aliphatic heterocycles. The maximum Gasteiger partial charge on any atom is 0.232 e. The third-order valence-electron chi connectivity index (χ3n) is 1.79. The van der Waals surface area contributed by atoms with Crippen LogP contribution in [0, 0.1) is 5.82 Å². The van der Waals surface area contributed by atoms with Crippen molar-refractivity contribution >= 4 is 21.7 Å². The minimum absolute atomic E-state index is 0.311. The molecule has 5 nitrogen and oxygen atoms in total. The van der Waals surface area contributed by atoms with Crippen LogP contribution in [-0.2, 0) is 14.8 Å². The van der Waals surface area contributed by atoms with Crippen molar-refractivity contribution in [1.82, 2.24) is 0 Å². The van der Waals surface area contributed by atoms with Crippen LogP contribution in [0.3, 0.4) is 0 Å². The molecule has 0 spiro atoms. The van der Waals surface area contributed by atoms with E-state index in [0.717, 1.165) is 12.3 Å². The maximum atomic E-state index is 13.3. The Morgan fingerprint density at radius 3 is 2.44 bits per heavy atom. The summed E-state index contributed by atoms with van der Waals surface area (Å²) >= 11 is 0. The molecule has 0 fully saturated rings. The van der Waals surface area contributed by atoms with Gasteiger partial charge in [0.15, 0.2) is 0 Å². The van der Waals surface area contributed by atoms with Crippen LogP contribution in [0.2, 0.25) is 0 Å². The molecule has 1 aromatic rings. The summed E-state index contributed by atoms with van der Waals surface area (Å²) in [6.45, 7) is -0.917. The van der Waals surface area contributed by atoms with E-state index in [4.69, 9.17) is 0 Å². The average molecular weight is 246 g/mol. The number of anilines is 1. The third-order valence-corrected chi connectivity index (χ3v) is 2.92. The SMILES string of the molecule is CS(=O)(=O)N(CC(=O)[O-])c1ccccc1F. The van der Waals surface area contributed by atoms with Gasteiger partial charge < -0.3 is 9.90 Å². The first-order valence-corrected chi connectivity index (χ1v) is 6.09. The number of sulfonamides is 1. The van der Waals surface area contributed by atoms with Gasteiger partial charge in [-0.25, -0.2) is 12.8 Å². The highest BCUT2D eigenvalue weighted by Crippen LogP contribution is 2.20. The van der Waals surface area contributed by atoms with E-state index in [1.54, 1.807) is 0 Å². The minimum atomic E-state index is -3.86. The molecule has 0 N–H and O–H groups in total. The molecule has 0 heterocycles. The molecule has 88 valence electrons. The predicted octanol–water partition coefficient (Wildman–Crippen LogP) is -0.658. The van der Waals surface area contributed by atoms with Crippen molar-refractivity contribution in [3.8, 4) is 0 Å². The second kappa shape index (κ2) is 4.48. The molecule has 0 amide bonds. The Balaban J connectivity index is 3.22. The summed E-state index contributed by atoms with van der Waals surface area (Å²) in [5, 5.41) is 10.4. The molecule has 16 heavy (non-hydrogen) atoms. The van der Waals surface area contributed by atoms with E-state index < -0.39 is 28.4 Å². The molecular formula is C9H9FNO4S-. The van der Waals surface area contributed by atoms with Crippen molar-refractivity contribution in [2.75, 3.05) is 17.1 Å². The fourth-order valence-electron chi connectivity index (χ4n) is 1.15. The molecule has 0 unspecified atom stereocenters. The molecule has 0 saturated heterocycles. The van der Waals surface area contributed by atoms with Crippen LogP contribution in [0.15, 0.2) is 24.3 Å². The van der Waals surface area contributed by atoms with Gasteiger partial charge in [0.2, 0.25) is 10.0 Å². The number of hydrogen-bond donors (Lipinski definition) is 0. The molecule has 1 aromatic carbocycles. The molecular weight excluding hydrogens is 237 g/mol. The van der Waals surface area contributed by atoms with Crippen LogP contribution in [0.1, 0.15) is 0 Å². The number of carbonyl (C=O) groups excluding carboxylic acids is 1. The summed E-state index contributed by atoms with van der Waals surface area (Å²) in [5.74, 6) is -2.41. The lowest BCUT2D eigenvalue weighted by atomic mass is 10.3. The second-order valence-electron chi connectivity index (χ2n) is 3.09. The zero-order valence-electron chi connectivity index (χ0n) is 8.38. The number of nitrogens with zero attached hydrogens (tertiary/aromatic N) is 1. The number of para-hydroxylation sites is 1. The lowest BCUT2D eigenvalue weighted by molar-refractivity contribution is -0.303. The van der Waals surface area contributed by atoms with E-state index in [9.17, 15) is 22.7 Å². The zero-order valence-corrected chi connectivity index (χ0v) is 9.20. The number of rotatable bonds is 4. The summed E-state index contributed by atoms with van der Waals surface area (Å²) in [4.78, 5) is 10.4. The van der Waals surface area contributed by atoms with Gasteiger partial charge in [0.25, 0.3) is 0 Å². The van der Waals surface area contributed by atoms with E-state index in [1.165, 1.54) is 18.2 Å². The molecule has 0 aliphatic carbocycles. The number of carboxylic acids is 1. The number of aliphatic carboxylic acids is 1. The van der Waals surface area contributed by atoms with Gasteiger partial charge in [-0.3, -0.25) is 4.31 Å². The van der Waals surface area contributed by atoms with Crippen LogP contribution in [0.4, 0.5) is 10.1 Å². The van der Waals surface area contributed by atoms with Gasteiger partial charge in [0.1, 0.15) is 5.82 Å². The first-order valence-electron chi connectivity index (χ1n) is 4.24. The Morgan fingerprint density at radius 1 is 1.44 bits per heavy atom. The number of halogens is 1. The fourth-order valence-corrected chi connectivity index (χ4v) is 2.00. The Kier molecular flexibility index (Phi) is 3.48. The highest BCUT2D eigenvalue weighted by Gasteiger charge is 2.20. The molecule has 0 bridgehead atoms. The van der Waals surface area contributed by atoms with Crippen LogP contribution >= 0.6 is 0 Å². The maximum absolute atomic E-state index is 13.3. The quantitative estimate of drug-likeness (QED) is 0.706. The van der Waals surface area contributed by atoms with E-state index >= 15 is 0 Å². The molecule has 0 saturated carbocycles. The van der Waals surface area contributed by atoms with Gasteiger partial charge in [-0.15, -0.1) is 0 Å². The Labute approximate surface area is 92.2 Å². The Morgan fingerprint density at radius 2 is 2.00 bits per heavy atom. The van der Waals surface area contributed by atoms with E-state index in [2.05, 4.69) is 0 Å². The summed E-state index contributed by atoms with van der Waals surface area (Å²) < 4.78 is 36.3. The molecule has 0 aliphatic rings. The minimum Gasteiger partial charge on any atom is -0.548 e. The van der Waals surface area contributed by atoms with Crippen molar-refractivity contribution < 1.29 is 22.7 Å². The van der Waals surface area contributed by atoms with Crippen molar-refractivity contribution in [2.45, 2.75) is 0 Å². The molecule has 1 rings (SSSR count). The fraction of sp³-hybridized carbons (Fsp3) is 0.222. The highest BCUT2D eigenvalue weighted by atomic mass is 32.2. The second-order valence-corrected chi connectivity index (χ2v) is 5.00. The van der Waals surface area contributed by atoms with Gasteiger partial charge in [0, 0.05) is 0 Å². The average Bonchev–Trinajstić information content (AvgIpc) is 2.13. The van der Waals surface area contributed by atoms with Gasteiger partial charge in [-0.2, -0.15) is 0 Å². The van der Waals surface area contributed by atoms with E-state index in [1.807, 2.05) is 0 Å². The van der Waals surface area contributed by atoms with Gasteiger partial charge >= 0.3 is 0 Å². The molecule has 7 heteroatoms. The number of hydrogen-bond acceptors (Lipinski definition) is 4. The largest absolute Gasteiger partial charge is 0.548 e. The first-order chi connectivity index (χ1) is 7.32. The molecule has 0 radical (unpaired) electrons. The zero-order chi connectivity index (χ0) is 12.3. The number of benzene rings is 1. The van der Waals surface area contributed by atoms with Gasteiger partial charge in [-0.1, -0.05) is 12.1 Å². The summed E-state index contributed by atoms with van der Waals surface area (Å²) in [5.41, 5.74) is -0.311. The van der Waals surface area contributed by atoms with E-state index in [0.29, 0.717) is 4.31 Å². The first kappa shape index (κ1) is 12.4. The summed E-state index contributed by atoms with van der Waals surface area (Å²) in [7, 11) is -3.86. The Bertz CT molecular complexity index is 500. The lowest BCUT2D eigenvalue weighted by Crippen LogP contribution is -2.41. The monoisotopic (exact) mass is 246 g/mol. The number of carboxylic acid groups (broad SMARTS) is 1. The standard InChI is InChI=1S/C9H10FNO4S/c1-16(14,15)11(6-9(12)13)8-5-3-2-4-7(8)10/h2-5H,6H2,1H3,(H,12,13)/p-1. The van der Waals surface area contributed by atoms with Crippen LogP contribution < -0.4 is 9.41 Å². The molecule has 0 aromatic heterocycles. The Hall–Kier alpha value is -1.63. The lowest BCUT2D eigenvalue weighted by Gasteiger charge is -2.22. The topological polar surface area (TPSA) is 77.5 Å². The van der Waals surface area contributed by atoms with Crippen molar-refractivity contribution in [3.63, 3.8) is 0 Å². The highest BCUT2D eigenvalue weighted by molar-refractivity contribution is 7.92. The van der Waals surface area contributed by atoms with Crippen LogP contribution in [0.25, 0.3) is 0 Å². The van der Waals surface area contributed by atoms with Gasteiger partial charge in [-0.05, 0) is 12.1 Å². The normalized spacial score (nSPS) is 11.1. The smallest absolute Gasteiger partial charge is 0.232 e. The van der Waals surface area contributed by atoms with Crippen molar-refractivity contribution in [1.29, 1.82) is 0 Å². The van der Waals surface area contributed by atoms with Crippen LogP contribution in [-0.4, -0.2) is 27.2 Å². The third kappa shape index (κ3) is 2.93. The van der Waals surface area contributed by atoms with Crippen molar-refractivity contribution in [3.05, 3.63) is 30.1 Å². The molecule has 0 atom stereocenters. The van der Waals surface area contributed by atoms with Crippen LogP contribution in [0.5, 0.6) is 0 Å². The summed E-state index contributed by atoms with van der Waals surface area (Å²) in [6.07, 6.45) is 0.794. The predicted molar refractivity (Wildman–Crippen MR) is 53.6 cm³/mol. The number of carbonyl (C=O) groups is 1. The van der Waals surface area contributed by atoms with Crippen molar-refractivity contribution in [2.24, 2.45) is 0 Å². The summed E-state index contributed by atoms with van der Waals surface area (Å²) in [6, 6.07) is 5.01. The van der Waals surface area contributed by atoms with Gasteiger partial charge in [0.05, 0.1) is 24.5 Å².